The lowest BCUT2D eigenvalue weighted by Gasteiger charge is -2.11. The van der Waals surface area contributed by atoms with Crippen molar-refractivity contribution in [3.05, 3.63) is 65.5 Å². The number of carbonyl (C=O) groups excluding carboxylic acids is 1. The van der Waals surface area contributed by atoms with Gasteiger partial charge >= 0.3 is 5.97 Å². The summed E-state index contributed by atoms with van der Waals surface area (Å²) in [7, 11) is -3.91. The zero-order valence-electron chi connectivity index (χ0n) is 14.5. The van der Waals surface area contributed by atoms with E-state index in [2.05, 4.69) is 0 Å². The standard InChI is InChI=1S/C19H20FNO4S/c1-3-25-18(22)19(21)16(13-5-4-6-14(20)11-13)17(19)26(23,24)15-9-7-12(2)8-10-15/h4-11,16-17H,3,21H2,1-2H3/t16-,17-,19-/m0/s1. The fourth-order valence-electron chi connectivity index (χ4n) is 3.33. The van der Waals surface area contributed by atoms with Crippen LogP contribution in [0.5, 0.6) is 0 Å². The van der Waals surface area contributed by atoms with Crippen molar-refractivity contribution in [3.63, 3.8) is 0 Å². The summed E-state index contributed by atoms with van der Waals surface area (Å²) < 4.78 is 44.9. The summed E-state index contributed by atoms with van der Waals surface area (Å²) in [5, 5.41) is -1.21. The van der Waals surface area contributed by atoms with Gasteiger partial charge in [0, 0.05) is 5.92 Å². The normalized spacial score (nSPS) is 24.9. The lowest BCUT2D eigenvalue weighted by atomic mass is 10.1. The van der Waals surface area contributed by atoms with Crippen LogP contribution in [0, 0.1) is 12.7 Å². The third-order valence-corrected chi connectivity index (χ3v) is 6.96. The maximum absolute atomic E-state index is 13.6. The lowest BCUT2D eigenvalue weighted by Crippen LogP contribution is -2.41. The van der Waals surface area contributed by atoms with Crippen molar-refractivity contribution in [3.8, 4) is 0 Å². The van der Waals surface area contributed by atoms with Crippen molar-refractivity contribution >= 4 is 15.8 Å². The van der Waals surface area contributed by atoms with Crippen molar-refractivity contribution in [2.24, 2.45) is 5.73 Å². The van der Waals surface area contributed by atoms with E-state index in [9.17, 15) is 17.6 Å². The highest BCUT2D eigenvalue weighted by Gasteiger charge is 2.74. The molecule has 26 heavy (non-hydrogen) atoms. The first-order valence-corrected chi connectivity index (χ1v) is 9.79. The molecule has 138 valence electrons. The van der Waals surface area contributed by atoms with Crippen molar-refractivity contribution in [1.29, 1.82) is 0 Å². The van der Waals surface area contributed by atoms with Crippen molar-refractivity contribution in [1.82, 2.24) is 0 Å². The van der Waals surface area contributed by atoms with Crippen LogP contribution in [0.2, 0.25) is 0 Å². The third kappa shape index (κ3) is 2.91. The smallest absolute Gasteiger partial charge is 0.328 e. The molecule has 0 aliphatic heterocycles. The van der Waals surface area contributed by atoms with Gasteiger partial charge in [0.1, 0.15) is 16.6 Å². The molecule has 2 N–H and O–H groups in total. The van der Waals surface area contributed by atoms with Gasteiger partial charge in [-0.1, -0.05) is 29.8 Å². The van der Waals surface area contributed by atoms with Crippen LogP contribution in [0.25, 0.3) is 0 Å². The topological polar surface area (TPSA) is 86.5 Å². The van der Waals surface area contributed by atoms with Gasteiger partial charge in [-0.3, -0.25) is 0 Å². The van der Waals surface area contributed by atoms with E-state index in [0.29, 0.717) is 5.56 Å². The number of aryl methyl sites for hydroxylation is 1. The Labute approximate surface area is 151 Å². The third-order valence-electron chi connectivity index (χ3n) is 4.70. The maximum atomic E-state index is 13.6. The number of benzene rings is 2. The molecular weight excluding hydrogens is 357 g/mol. The van der Waals surface area contributed by atoms with E-state index < -0.39 is 38.3 Å². The first-order chi connectivity index (χ1) is 12.2. The molecule has 3 rings (SSSR count). The SMILES string of the molecule is CCOC(=O)[C@]1(N)[C@@H](c2cccc(F)c2)[C@@H]1S(=O)(=O)c1ccc(C)cc1. The van der Waals surface area contributed by atoms with E-state index in [1.54, 1.807) is 25.1 Å². The average Bonchev–Trinajstić information content (AvgIpc) is 3.24. The Morgan fingerprint density at radius 2 is 1.88 bits per heavy atom. The average molecular weight is 377 g/mol. The number of hydrogen-bond acceptors (Lipinski definition) is 5. The molecule has 7 heteroatoms. The van der Waals surface area contributed by atoms with Crippen LogP contribution in [0.15, 0.2) is 53.4 Å². The van der Waals surface area contributed by atoms with E-state index in [-0.39, 0.29) is 11.5 Å². The molecule has 2 aromatic carbocycles. The molecule has 5 nitrogen and oxygen atoms in total. The first kappa shape index (κ1) is 18.5. The summed E-state index contributed by atoms with van der Waals surface area (Å²) in [6, 6.07) is 11.8. The maximum Gasteiger partial charge on any atom is 0.328 e. The van der Waals surface area contributed by atoms with Gasteiger partial charge in [-0.2, -0.15) is 0 Å². The number of rotatable bonds is 5. The second-order valence-corrected chi connectivity index (χ2v) is 8.53. The van der Waals surface area contributed by atoms with Crippen molar-refractivity contribution < 1.29 is 22.3 Å². The van der Waals surface area contributed by atoms with Gasteiger partial charge in [-0.25, -0.2) is 17.6 Å². The van der Waals surface area contributed by atoms with Crippen LogP contribution >= 0.6 is 0 Å². The molecule has 0 radical (unpaired) electrons. The second kappa shape index (κ2) is 6.48. The van der Waals surface area contributed by atoms with Gasteiger partial charge < -0.3 is 10.5 Å². The highest BCUT2D eigenvalue weighted by molar-refractivity contribution is 7.92. The summed E-state index contributed by atoms with van der Waals surface area (Å²) in [5.74, 6) is -2.19. The Morgan fingerprint density at radius 3 is 2.46 bits per heavy atom. The lowest BCUT2D eigenvalue weighted by molar-refractivity contribution is -0.145. The molecule has 0 amide bonds. The Morgan fingerprint density at radius 1 is 1.23 bits per heavy atom. The minimum atomic E-state index is -3.91. The Bertz CT molecular complexity index is 942. The van der Waals surface area contributed by atoms with Crippen LogP contribution in [-0.2, 0) is 19.4 Å². The fraction of sp³-hybridized carbons (Fsp3) is 0.316. The molecule has 0 saturated heterocycles. The molecule has 1 aliphatic rings. The van der Waals surface area contributed by atoms with Crippen molar-refractivity contribution in [2.75, 3.05) is 6.61 Å². The molecule has 0 unspecified atom stereocenters. The summed E-state index contributed by atoms with van der Waals surface area (Å²) >= 11 is 0. The van der Waals surface area contributed by atoms with Crippen LogP contribution in [0.3, 0.4) is 0 Å². The van der Waals surface area contributed by atoms with E-state index in [4.69, 9.17) is 10.5 Å². The van der Waals surface area contributed by atoms with Gasteiger partial charge in [0.2, 0.25) is 0 Å². The van der Waals surface area contributed by atoms with E-state index in [1.165, 1.54) is 30.3 Å². The molecule has 3 atom stereocenters. The Hall–Kier alpha value is -2.25. The fourth-order valence-corrected chi connectivity index (χ4v) is 5.56. The molecule has 1 aliphatic carbocycles. The molecule has 1 saturated carbocycles. The first-order valence-electron chi connectivity index (χ1n) is 8.25. The van der Waals surface area contributed by atoms with Crippen LogP contribution in [0.1, 0.15) is 24.0 Å². The largest absolute Gasteiger partial charge is 0.465 e. The summed E-state index contributed by atoms with van der Waals surface area (Å²) in [6.45, 7) is 3.53. The zero-order chi connectivity index (χ0) is 19.1. The summed E-state index contributed by atoms with van der Waals surface area (Å²) in [6.07, 6.45) is 0. The highest BCUT2D eigenvalue weighted by Crippen LogP contribution is 2.56. The van der Waals surface area contributed by atoms with Gasteiger partial charge in [-0.15, -0.1) is 0 Å². The predicted octanol–water partition coefficient (Wildman–Crippen LogP) is 2.33. The molecule has 0 bridgehead atoms. The van der Waals surface area contributed by atoms with Gasteiger partial charge in [0.05, 0.1) is 11.5 Å². The van der Waals surface area contributed by atoms with Gasteiger partial charge in [0.25, 0.3) is 0 Å². The van der Waals surface area contributed by atoms with Crippen LogP contribution in [-0.4, -0.2) is 31.8 Å². The Kier molecular flexibility index (Phi) is 4.62. The second-order valence-electron chi connectivity index (χ2n) is 6.46. The van der Waals surface area contributed by atoms with Gasteiger partial charge in [0.15, 0.2) is 9.84 Å². The highest BCUT2D eigenvalue weighted by atomic mass is 32.2. The van der Waals surface area contributed by atoms with E-state index in [0.717, 1.165) is 5.56 Å². The quantitative estimate of drug-likeness (QED) is 0.808. The van der Waals surface area contributed by atoms with Crippen LogP contribution in [0.4, 0.5) is 4.39 Å². The summed E-state index contributed by atoms with van der Waals surface area (Å²) in [5.41, 5.74) is 5.75. The monoisotopic (exact) mass is 377 g/mol. The number of carbonyl (C=O) groups is 1. The number of esters is 1. The number of ether oxygens (including phenoxy) is 1. The molecular formula is C19H20FNO4S. The number of halogens is 1. The molecule has 1 fully saturated rings. The molecule has 0 heterocycles. The number of sulfone groups is 1. The molecule has 0 spiro atoms. The van der Waals surface area contributed by atoms with Gasteiger partial charge in [-0.05, 0) is 43.7 Å². The Balaban J connectivity index is 2.07. The minimum absolute atomic E-state index is 0.0744. The van der Waals surface area contributed by atoms with E-state index in [1.807, 2.05) is 6.92 Å². The van der Waals surface area contributed by atoms with Crippen LogP contribution < -0.4 is 5.73 Å². The molecule has 2 aromatic rings. The van der Waals surface area contributed by atoms with Crippen molar-refractivity contribution in [2.45, 2.75) is 35.4 Å². The van der Waals surface area contributed by atoms with E-state index >= 15 is 0 Å². The summed E-state index contributed by atoms with van der Waals surface area (Å²) in [4.78, 5) is 12.5. The zero-order valence-corrected chi connectivity index (χ0v) is 15.3. The molecule has 0 aromatic heterocycles. The number of hydrogen-bond donors (Lipinski definition) is 1. The predicted molar refractivity (Wildman–Crippen MR) is 94.8 cm³/mol. The number of nitrogens with two attached hydrogens (primary N) is 1. The minimum Gasteiger partial charge on any atom is -0.465 e.